The van der Waals surface area contributed by atoms with E-state index in [1.807, 2.05) is 50.4 Å². The van der Waals surface area contributed by atoms with Crippen molar-refractivity contribution in [2.75, 3.05) is 0 Å². The highest BCUT2D eigenvalue weighted by Gasteiger charge is 2.18. The van der Waals surface area contributed by atoms with Gasteiger partial charge < -0.3 is 9.73 Å². The number of hydrogen-bond acceptors (Lipinski definition) is 3. The molecule has 1 atom stereocenters. The van der Waals surface area contributed by atoms with Gasteiger partial charge >= 0.3 is 0 Å². The van der Waals surface area contributed by atoms with Crippen molar-refractivity contribution in [1.82, 2.24) is 15.1 Å². The van der Waals surface area contributed by atoms with Crippen LogP contribution in [0.1, 0.15) is 40.4 Å². The number of benzene rings is 1. The number of furan rings is 1. The fourth-order valence-electron chi connectivity index (χ4n) is 2.68. The summed E-state index contributed by atoms with van der Waals surface area (Å²) in [5.74, 6) is 1.23. The molecular weight excluding hydrogens is 290 g/mol. The third-order valence-electron chi connectivity index (χ3n) is 3.79. The van der Waals surface area contributed by atoms with E-state index in [1.54, 1.807) is 23.9 Å². The van der Waals surface area contributed by atoms with Gasteiger partial charge in [0, 0.05) is 12.4 Å². The SMILES string of the molecule is Cc1cc(C(=O)NC(C)c2ccccc2-n2cccn2)c(C)o1. The molecule has 1 N–H and O–H groups in total. The molecule has 0 fully saturated rings. The third-order valence-corrected chi connectivity index (χ3v) is 3.79. The lowest BCUT2D eigenvalue weighted by atomic mass is 10.1. The summed E-state index contributed by atoms with van der Waals surface area (Å²) in [5.41, 5.74) is 2.53. The summed E-state index contributed by atoms with van der Waals surface area (Å²) in [6, 6.07) is 11.4. The molecule has 3 rings (SSSR count). The van der Waals surface area contributed by atoms with Crippen molar-refractivity contribution >= 4 is 5.91 Å². The number of para-hydroxylation sites is 1. The molecule has 23 heavy (non-hydrogen) atoms. The third kappa shape index (κ3) is 3.04. The molecule has 1 aromatic carbocycles. The maximum atomic E-state index is 12.5. The van der Waals surface area contributed by atoms with Crippen LogP contribution in [0.15, 0.2) is 53.2 Å². The van der Waals surface area contributed by atoms with Gasteiger partial charge in [-0.2, -0.15) is 5.10 Å². The number of aromatic nitrogens is 2. The number of nitrogens with one attached hydrogen (secondary N) is 1. The Morgan fingerprint density at radius 3 is 2.70 bits per heavy atom. The van der Waals surface area contributed by atoms with Gasteiger partial charge in [-0.15, -0.1) is 0 Å². The van der Waals surface area contributed by atoms with E-state index in [1.165, 1.54) is 0 Å². The Morgan fingerprint density at radius 1 is 1.26 bits per heavy atom. The summed E-state index contributed by atoms with van der Waals surface area (Å²) < 4.78 is 7.23. The molecule has 1 unspecified atom stereocenters. The highest BCUT2D eigenvalue weighted by molar-refractivity contribution is 5.95. The molecule has 0 bridgehead atoms. The Balaban J connectivity index is 1.85. The first kappa shape index (κ1) is 15.1. The molecule has 0 spiro atoms. The number of aryl methyl sites for hydroxylation is 2. The summed E-state index contributed by atoms with van der Waals surface area (Å²) >= 11 is 0. The molecule has 5 heteroatoms. The molecule has 2 aromatic heterocycles. The summed E-state index contributed by atoms with van der Waals surface area (Å²) in [4.78, 5) is 12.5. The number of nitrogens with zero attached hydrogens (tertiary/aromatic N) is 2. The lowest BCUT2D eigenvalue weighted by Gasteiger charge is -2.18. The smallest absolute Gasteiger partial charge is 0.255 e. The second-order valence-corrected chi connectivity index (χ2v) is 5.53. The summed E-state index contributed by atoms with van der Waals surface area (Å²) in [7, 11) is 0. The molecule has 0 saturated carbocycles. The molecule has 5 nitrogen and oxygen atoms in total. The first-order valence-corrected chi connectivity index (χ1v) is 7.53. The van der Waals surface area contributed by atoms with Gasteiger partial charge in [0.05, 0.1) is 17.3 Å². The first-order chi connectivity index (χ1) is 11.1. The van der Waals surface area contributed by atoms with Gasteiger partial charge in [-0.05, 0) is 44.5 Å². The molecule has 0 saturated heterocycles. The molecule has 1 amide bonds. The highest BCUT2D eigenvalue weighted by Crippen LogP contribution is 2.22. The van der Waals surface area contributed by atoms with Crippen LogP contribution in [0.3, 0.4) is 0 Å². The van der Waals surface area contributed by atoms with E-state index in [0.717, 1.165) is 17.0 Å². The van der Waals surface area contributed by atoms with Crippen molar-refractivity contribution in [3.05, 3.63) is 71.4 Å². The first-order valence-electron chi connectivity index (χ1n) is 7.53. The van der Waals surface area contributed by atoms with Crippen LogP contribution >= 0.6 is 0 Å². The maximum absolute atomic E-state index is 12.5. The summed E-state index contributed by atoms with van der Waals surface area (Å²) in [6.45, 7) is 5.59. The van der Waals surface area contributed by atoms with Gasteiger partial charge in [-0.25, -0.2) is 4.68 Å². The topological polar surface area (TPSA) is 60.1 Å². The minimum Gasteiger partial charge on any atom is -0.466 e. The average Bonchev–Trinajstić information content (AvgIpc) is 3.16. The zero-order chi connectivity index (χ0) is 16.4. The van der Waals surface area contributed by atoms with Crippen LogP contribution in [0.4, 0.5) is 0 Å². The Bertz CT molecular complexity index is 819. The van der Waals surface area contributed by atoms with Gasteiger partial charge in [0.1, 0.15) is 11.5 Å². The largest absolute Gasteiger partial charge is 0.466 e. The van der Waals surface area contributed by atoms with Crippen molar-refractivity contribution in [2.45, 2.75) is 26.8 Å². The van der Waals surface area contributed by atoms with Crippen molar-refractivity contribution in [2.24, 2.45) is 0 Å². The molecular formula is C18H19N3O2. The predicted octanol–water partition coefficient (Wildman–Crippen LogP) is 3.57. The quantitative estimate of drug-likeness (QED) is 0.801. The lowest BCUT2D eigenvalue weighted by Crippen LogP contribution is -2.27. The van der Waals surface area contributed by atoms with Crippen LogP contribution in [0.25, 0.3) is 5.69 Å². The summed E-state index contributed by atoms with van der Waals surface area (Å²) in [6.07, 6.45) is 3.62. The predicted molar refractivity (Wildman–Crippen MR) is 87.6 cm³/mol. The molecule has 0 aliphatic heterocycles. The zero-order valence-electron chi connectivity index (χ0n) is 13.4. The van der Waals surface area contributed by atoms with Crippen LogP contribution in [0, 0.1) is 13.8 Å². The van der Waals surface area contributed by atoms with Gasteiger partial charge in [-0.3, -0.25) is 4.79 Å². The molecule has 0 aliphatic carbocycles. The van der Waals surface area contributed by atoms with Crippen LogP contribution in [0.2, 0.25) is 0 Å². The van der Waals surface area contributed by atoms with E-state index in [2.05, 4.69) is 10.4 Å². The Labute approximate surface area is 134 Å². The van der Waals surface area contributed by atoms with E-state index < -0.39 is 0 Å². The maximum Gasteiger partial charge on any atom is 0.255 e. The monoisotopic (exact) mass is 309 g/mol. The second-order valence-electron chi connectivity index (χ2n) is 5.53. The second kappa shape index (κ2) is 6.12. The van der Waals surface area contributed by atoms with Gasteiger partial charge in [0.15, 0.2) is 0 Å². The summed E-state index contributed by atoms with van der Waals surface area (Å²) in [5, 5.41) is 7.30. The molecule has 3 aromatic rings. The average molecular weight is 309 g/mol. The lowest BCUT2D eigenvalue weighted by molar-refractivity contribution is 0.0938. The molecule has 0 radical (unpaired) electrons. The number of amides is 1. The van der Waals surface area contributed by atoms with Crippen molar-refractivity contribution in [3.63, 3.8) is 0 Å². The Morgan fingerprint density at radius 2 is 2.04 bits per heavy atom. The fourth-order valence-corrected chi connectivity index (χ4v) is 2.68. The van der Waals surface area contributed by atoms with E-state index in [4.69, 9.17) is 4.42 Å². The van der Waals surface area contributed by atoms with Crippen molar-refractivity contribution in [1.29, 1.82) is 0 Å². The number of carbonyl (C=O) groups excluding carboxylic acids is 1. The normalized spacial score (nSPS) is 12.1. The van der Waals surface area contributed by atoms with Gasteiger partial charge in [0.2, 0.25) is 0 Å². The minimum atomic E-state index is -0.155. The van der Waals surface area contributed by atoms with E-state index in [-0.39, 0.29) is 11.9 Å². The van der Waals surface area contributed by atoms with Gasteiger partial charge in [0.25, 0.3) is 5.91 Å². The minimum absolute atomic E-state index is 0.137. The van der Waals surface area contributed by atoms with Crippen LogP contribution in [0.5, 0.6) is 0 Å². The van der Waals surface area contributed by atoms with Crippen LogP contribution < -0.4 is 5.32 Å². The van der Waals surface area contributed by atoms with Crippen molar-refractivity contribution in [3.8, 4) is 5.69 Å². The van der Waals surface area contributed by atoms with Gasteiger partial charge in [-0.1, -0.05) is 18.2 Å². The van der Waals surface area contributed by atoms with E-state index in [9.17, 15) is 4.79 Å². The Hall–Kier alpha value is -2.82. The Kier molecular flexibility index (Phi) is 4.02. The van der Waals surface area contributed by atoms with Crippen LogP contribution in [-0.2, 0) is 0 Å². The fraction of sp³-hybridized carbons (Fsp3) is 0.222. The highest BCUT2D eigenvalue weighted by atomic mass is 16.3. The standard InChI is InChI=1S/C18H19N3O2/c1-12-11-16(14(3)23-12)18(22)20-13(2)15-7-4-5-8-17(15)21-10-6-9-19-21/h4-11,13H,1-3H3,(H,20,22). The number of carbonyl (C=O) groups is 1. The van der Waals surface area contributed by atoms with Crippen molar-refractivity contribution < 1.29 is 9.21 Å². The van der Waals surface area contributed by atoms with E-state index >= 15 is 0 Å². The zero-order valence-corrected chi connectivity index (χ0v) is 13.4. The van der Waals surface area contributed by atoms with Crippen LogP contribution in [-0.4, -0.2) is 15.7 Å². The molecule has 0 aliphatic rings. The number of hydrogen-bond donors (Lipinski definition) is 1. The van der Waals surface area contributed by atoms with E-state index in [0.29, 0.717) is 11.3 Å². The number of rotatable bonds is 4. The molecule has 118 valence electrons. The molecule has 2 heterocycles.